The monoisotopic (exact) mass is 256 g/mol. The second kappa shape index (κ2) is 4.81. The van der Waals surface area contributed by atoms with E-state index in [1.807, 2.05) is 0 Å². The minimum atomic E-state index is -0.291. The van der Waals surface area contributed by atoms with Crippen LogP contribution in [0, 0.1) is 23.1 Å². The highest BCUT2D eigenvalue weighted by Crippen LogP contribution is 2.27. The number of nitrogens with zero attached hydrogens (tertiary/aromatic N) is 4. The second-order valence-electron chi connectivity index (χ2n) is 4.75. The molecule has 0 unspecified atom stereocenters. The van der Waals surface area contributed by atoms with Crippen LogP contribution in [-0.4, -0.2) is 23.1 Å². The van der Waals surface area contributed by atoms with Gasteiger partial charge in [0.25, 0.3) is 0 Å². The number of nitriles is 1. The van der Waals surface area contributed by atoms with Crippen molar-refractivity contribution in [2.24, 2.45) is 5.92 Å². The summed E-state index contributed by atoms with van der Waals surface area (Å²) in [6.45, 7) is 1.61. The van der Waals surface area contributed by atoms with E-state index >= 15 is 0 Å². The van der Waals surface area contributed by atoms with Crippen molar-refractivity contribution in [1.29, 1.82) is 5.26 Å². The van der Waals surface area contributed by atoms with Gasteiger partial charge in [-0.25, -0.2) is 14.4 Å². The number of fused-ring (bicyclic) bond motifs is 1. The van der Waals surface area contributed by atoms with E-state index < -0.39 is 0 Å². The van der Waals surface area contributed by atoms with Crippen LogP contribution in [-0.2, 0) is 0 Å². The fraction of sp³-hybridized carbons (Fsp3) is 0.357. The average molecular weight is 256 g/mol. The summed E-state index contributed by atoms with van der Waals surface area (Å²) in [5.41, 5.74) is 0.618. The maximum Gasteiger partial charge on any atom is 0.139 e. The fourth-order valence-electron chi connectivity index (χ4n) is 2.49. The molecule has 0 bridgehead atoms. The zero-order chi connectivity index (χ0) is 13.2. The summed E-state index contributed by atoms with van der Waals surface area (Å²) in [4.78, 5) is 10.6. The zero-order valence-corrected chi connectivity index (χ0v) is 10.4. The SMILES string of the molecule is N#CC1CCN(c2ncnc3cc(F)ccc23)CC1. The number of anilines is 1. The summed E-state index contributed by atoms with van der Waals surface area (Å²) < 4.78 is 13.2. The lowest BCUT2D eigenvalue weighted by atomic mass is 9.98. The predicted molar refractivity (Wildman–Crippen MR) is 70.0 cm³/mol. The van der Waals surface area contributed by atoms with Crippen molar-refractivity contribution >= 4 is 16.7 Å². The Hall–Kier alpha value is -2.22. The lowest BCUT2D eigenvalue weighted by Gasteiger charge is -2.30. The molecule has 0 aliphatic carbocycles. The number of halogens is 1. The van der Waals surface area contributed by atoms with Crippen LogP contribution in [0.5, 0.6) is 0 Å². The molecule has 1 aromatic carbocycles. The third-order valence-electron chi connectivity index (χ3n) is 3.55. The maximum absolute atomic E-state index is 13.2. The largest absolute Gasteiger partial charge is 0.356 e. The van der Waals surface area contributed by atoms with E-state index in [2.05, 4.69) is 20.9 Å². The Labute approximate surface area is 110 Å². The number of benzene rings is 1. The van der Waals surface area contributed by atoms with E-state index in [4.69, 9.17) is 5.26 Å². The first-order valence-electron chi connectivity index (χ1n) is 6.33. The summed E-state index contributed by atoms with van der Waals surface area (Å²) in [5.74, 6) is 0.684. The van der Waals surface area contributed by atoms with Crippen molar-refractivity contribution in [2.75, 3.05) is 18.0 Å². The molecule has 1 saturated heterocycles. The van der Waals surface area contributed by atoms with E-state index in [1.165, 1.54) is 18.5 Å². The number of rotatable bonds is 1. The lowest BCUT2D eigenvalue weighted by molar-refractivity contribution is 0.486. The molecular weight excluding hydrogens is 243 g/mol. The van der Waals surface area contributed by atoms with E-state index in [1.54, 1.807) is 6.07 Å². The van der Waals surface area contributed by atoms with Crippen molar-refractivity contribution in [3.05, 3.63) is 30.3 Å². The molecule has 1 fully saturated rings. The zero-order valence-electron chi connectivity index (χ0n) is 10.4. The highest BCUT2D eigenvalue weighted by Gasteiger charge is 2.21. The van der Waals surface area contributed by atoms with Gasteiger partial charge in [-0.1, -0.05) is 0 Å². The van der Waals surface area contributed by atoms with Gasteiger partial charge in [-0.05, 0) is 25.0 Å². The Balaban J connectivity index is 1.95. The van der Waals surface area contributed by atoms with Gasteiger partial charge in [-0.2, -0.15) is 5.26 Å². The topological polar surface area (TPSA) is 52.8 Å². The van der Waals surface area contributed by atoms with Crippen LogP contribution in [0.25, 0.3) is 10.9 Å². The van der Waals surface area contributed by atoms with Crippen molar-refractivity contribution in [2.45, 2.75) is 12.8 Å². The number of piperidine rings is 1. The van der Waals surface area contributed by atoms with Gasteiger partial charge in [-0.3, -0.25) is 0 Å². The van der Waals surface area contributed by atoms with Crippen LogP contribution in [0.3, 0.4) is 0 Å². The first-order chi connectivity index (χ1) is 9.28. The van der Waals surface area contributed by atoms with Gasteiger partial charge in [0.15, 0.2) is 0 Å². The third kappa shape index (κ3) is 2.22. The van der Waals surface area contributed by atoms with Crippen LogP contribution in [0.2, 0.25) is 0 Å². The van der Waals surface area contributed by atoms with Crippen LogP contribution < -0.4 is 4.90 Å². The van der Waals surface area contributed by atoms with Crippen molar-refractivity contribution in [3.8, 4) is 6.07 Å². The second-order valence-corrected chi connectivity index (χ2v) is 4.75. The molecule has 4 nitrogen and oxygen atoms in total. The Kier molecular flexibility index (Phi) is 3.00. The summed E-state index contributed by atoms with van der Waals surface area (Å²) >= 11 is 0. The molecule has 2 heterocycles. The molecule has 3 rings (SSSR count). The summed E-state index contributed by atoms with van der Waals surface area (Å²) in [6.07, 6.45) is 3.17. The molecular formula is C14H13FN4. The normalized spacial score (nSPS) is 16.5. The van der Waals surface area contributed by atoms with E-state index in [0.717, 1.165) is 37.1 Å². The molecule has 0 atom stereocenters. The molecule has 0 radical (unpaired) electrons. The maximum atomic E-state index is 13.2. The van der Waals surface area contributed by atoms with Gasteiger partial charge in [-0.15, -0.1) is 0 Å². The van der Waals surface area contributed by atoms with Gasteiger partial charge in [0.1, 0.15) is 18.0 Å². The number of hydrogen-bond acceptors (Lipinski definition) is 4. The average Bonchev–Trinajstić information content (AvgIpc) is 2.46. The molecule has 0 saturated carbocycles. The van der Waals surface area contributed by atoms with Gasteiger partial charge in [0, 0.05) is 30.5 Å². The van der Waals surface area contributed by atoms with E-state index in [-0.39, 0.29) is 11.7 Å². The highest BCUT2D eigenvalue weighted by molar-refractivity contribution is 5.89. The number of hydrogen-bond donors (Lipinski definition) is 0. The molecule has 1 aliphatic rings. The van der Waals surface area contributed by atoms with Gasteiger partial charge >= 0.3 is 0 Å². The Bertz CT molecular complexity index is 641. The summed E-state index contributed by atoms with van der Waals surface area (Å²) in [6, 6.07) is 6.88. The first-order valence-corrected chi connectivity index (χ1v) is 6.33. The Morgan fingerprint density at radius 2 is 2.05 bits per heavy atom. The molecule has 2 aromatic rings. The molecule has 19 heavy (non-hydrogen) atoms. The molecule has 5 heteroatoms. The van der Waals surface area contributed by atoms with Crippen LogP contribution >= 0.6 is 0 Å². The summed E-state index contributed by atoms with van der Waals surface area (Å²) in [7, 11) is 0. The molecule has 0 spiro atoms. The number of aromatic nitrogens is 2. The minimum absolute atomic E-state index is 0.141. The van der Waals surface area contributed by atoms with Crippen molar-refractivity contribution in [1.82, 2.24) is 9.97 Å². The van der Waals surface area contributed by atoms with Gasteiger partial charge in [0.05, 0.1) is 11.6 Å². The van der Waals surface area contributed by atoms with Crippen molar-refractivity contribution < 1.29 is 4.39 Å². The Morgan fingerprint density at radius 1 is 1.26 bits per heavy atom. The van der Waals surface area contributed by atoms with E-state index in [0.29, 0.717) is 5.52 Å². The minimum Gasteiger partial charge on any atom is -0.356 e. The van der Waals surface area contributed by atoms with Crippen LogP contribution in [0.1, 0.15) is 12.8 Å². The first kappa shape index (κ1) is 11.8. The predicted octanol–water partition coefficient (Wildman–Crippen LogP) is 2.51. The fourth-order valence-corrected chi connectivity index (χ4v) is 2.49. The molecule has 0 N–H and O–H groups in total. The van der Waals surface area contributed by atoms with Crippen molar-refractivity contribution in [3.63, 3.8) is 0 Å². The molecule has 1 aromatic heterocycles. The molecule has 1 aliphatic heterocycles. The van der Waals surface area contributed by atoms with Crippen LogP contribution in [0.4, 0.5) is 10.2 Å². The van der Waals surface area contributed by atoms with Crippen LogP contribution in [0.15, 0.2) is 24.5 Å². The summed E-state index contributed by atoms with van der Waals surface area (Å²) in [5, 5.41) is 9.77. The quantitative estimate of drug-likeness (QED) is 0.786. The molecule has 96 valence electrons. The lowest BCUT2D eigenvalue weighted by Crippen LogP contribution is -2.34. The Morgan fingerprint density at radius 3 is 2.79 bits per heavy atom. The standard InChI is InChI=1S/C14H13FN4/c15-11-1-2-12-13(7-11)17-9-18-14(12)19-5-3-10(8-16)4-6-19/h1-2,7,9-10H,3-6H2. The third-order valence-corrected chi connectivity index (χ3v) is 3.55. The smallest absolute Gasteiger partial charge is 0.139 e. The highest BCUT2D eigenvalue weighted by atomic mass is 19.1. The van der Waals surface area contributed by atoms with E-state index in [9.17, 15) is 4.39 Å². The van der Waals surface area contributed by atoms with Gasteiger partial charge in [0.2, 0.25) is 0 Å². The van der Waals surface area contributed by atoms with Gasteiger partial charge < -0.3 is 4.90 Å². The molecule has 0 amide bonds.